The van der Waals surface area contributed by atoms with Gasteiger partial charge in [-0.05, 0) is 42.7 Å². The van der Waals surface area contributed by atoms with E-state index in [1.807, 2.05) is 37.3 Å². The first-order valence-electron chi connectivity index (χ1n) is 8.21. The van der Waals surface area contributed by atoms with Crippen molar-refractivity contribution in [2.24, 2.45) is 0 Å². The van der Waals surface area contributed by atoms with E-state index in [0.717, 1.165) is 16.9 Å². The highest BCUT2D eigenvalue weighted by molar-refractivity contribution is 5.75. The number of esters is 1. The molecule has 0 aliphatic carbocycles. The standard InChI is InChI=1S/C20H24O5/c1-4-24-20(22)19(23-3)18(21)16-10-11-17(14(2)12-16)25-13-15-8-6-5-7-9-15/h5-12,18-19,21H,4,13H2,1-3H3. The molecular formula is C20H24O5. The van der Waals surface area contributed by atoms with Crippen molar-refractivity contribution in [2.75, 3.05) is 13.7 Å². The molecule has 2 unspecified atom stereocenters. The summed E-state index contributed by atoms with van der Waals surface area (Å²) in [5.41, 5.74) is 2.52. The van der Waals surface area contributed by atoms with E-state index in [4.69, 9.17) is 14.2 Å². The molecule has 0 spiro atoms. The molecule has 0 radical (unpaired) electrons. The number of hydrogen-bond acceptors (Lipinski definition) is 5. The highest BCUT2D eigenvalue weighted by Gasteiger charge is 2.29. The predicted molar refractivity (Wildman–Crippen MR) is 94.3 cm³/mol. The Morgan fingerprint density at radius 3 is 2.48 bits per heavy atom. The Kier molecular flexibility index (Phi) is 6.98. The molecule has 2 atom stereocenters. The summed E-state index contributed by atoms with van der Waals surface area (Å²) in [5.74, 6) is 0.143. The molecule has 25 heavy (non-hydrogen) atoms. The lowest BCUT2D eigenvalue weighted by Crippen LogP contribution is -2.32. The van der Waals surface area contributed by atoms with Crippen molar-refractivity contribution >= 4 is 5.97 Å². The Morgan fingerprint density at radius 1 is 1.16 bits per heavy atom. The zero-order valence-corrected chi connectivity index (χ0v) is 14.8. The quantitative estimate of drug-likeness (QED) is 0.745. The molecule has 0 saturated heterocycles. The van der Waals surface area contributed by atoms with Crippen molar-refractivity contribution in [3.05, 3.63) is 65.2 Å². The van der Waals surface area contributed by atoms with Crippen LogP contribution in [-0.2, 0) is 20.9 Å². The zero-order chi connectivity index (χ0) is 18.2. The minimum Gasteiger partial charge on any atom is -0.489 e. The summed E-state index contributed by atoms with van der Waals surface area (Å²) < 4.78 is 15.9. The second-order valence-corrected chi connectivity index (χ2v) is 5.65. The summed E-state index contributed by atoms with van der Waals surface area (Å²) in [6.45, 7) is 4.30. The van der Waals surface area contributed by atoms with Crippen LogP contribution in [0.3, 0.4) is 0 Å². The Balaban J connectivity index is 2.08. The number of ether oxygens (including phenoxy) is 3. The van der Waals surface area contributed by atoms with Crippen LogP contribution in [0.1, 0.15) is 29.7 Å². The van der Waals surface area contributed by atoms with Gasteiger partial charge in [0, 0.05) is 7.11 Å². The number of aliphatic hydroxyl groups is 1. The van der Waals surface area contributed by atoms with Crippen LogP contribution in [0.2, 0.25) is 0 Å². The summed E-state index contributed by atoms with van der Waals surface area (Å²) in [4.78, 5) is 11.9. The van der Waals surface area contributed by atoms with Crippen molar-refractivity contribution < 1.29 is 24.1 Å². The SMILES string of the molecule is CCOC(=O)C(OC)C(O)c1ccc(OCc2ccccc2)c(C)c1. The first kappa shape index (κ1) is 19.0. The van der Waals surface area contributed by atoms with E-state index in [-0.39, 0.29) is 6.61 Å². The van der Waals surface area contributed by atoms with Crippen LogP contribution in [0.15, 0.2) is 48.5 Å². The lowest BCUT2D eigenvalue weighted by molar-refractivity contribution is -0.162. The maximum Gasteiger partial charge on any atom is 0.338 e. The Bertz CT molecular complexity index is 684. The van der Waals surface area contributed by atoms with Crippen molar-refractivity contribution in [3.63, 3.8) is 0 Å². The maximum atomic E-state index is 11.9. The minimum absolute atomic E-state index is 0.233. The van der Waals surface area contributed by atoms with Gasteiger partial charge in [-0.2, -0.15) is 0 Å². The van der Waals surface area contributed by atoms with Crippen molar-refractivity contribution in [1.82, 2.24) is 0 Å². The number of benzene rings is 2. The number of hydrogen-bond donors (Lipinski definition) is 1. The van der Waals surface area contributed by atoms with Gasteiger partial charge in [-0.1, -0.05) is 36.4 Å². The molecule has 0 aromatic heterocycles. The van der Waals surface area contributed by atoms with E-state index < -0.39 is 18.2 Å². The van der Waals surface area contributed by atoms with Crippen LogP contribution in [0.4, 0.5) is 0 Å². The number of carbonyl (C=O) groups excluding carboxylic acids is 1. The summed E-state index contributed by atoms with van der Waals surface area (Å²) in [6.07, 6.45) is -2.17. The molecule has 2 aromatic rings. The Labute approximate surface area is 148 Å². The predicted octanol–water partition coefficient (Wildman–Crippen LogP) is 3.19. The molecule has 1 N–H and O–H groups in total. The average molecular weight is 344 g/mol. The molecule has 0 amide bonds. The molecule has 2 aromatic carbocycles. The van der Waals surface area contributed by atoms with E-state index >= 15 is 0 Å². The third-order valence-corrected chi connectivity index (χ3v) is 3.84. The summed E-state index contributed by atoms with van der Waals surface area (Å²) in [5, 5.41) is 10.4. The van der Waals surface area contributed by atoms with E-state index in [2.05, 4.69) is 0 Å². The van der Waals surface area contributed by atoms with Crippen LogP contribution in [0.25, 0.3) is 0 Å². The van der Waals surface area contributed by atoms with Gasteiger partial charge in [-0.15, -0.1) is 0 Å². The van der Waals surface area contributed by atoms with Gasteiger partial charge in [0.05, 0.1) is 6.61 Å². The topological polar surface area (TPSA) is 65.0 Å². The number of aliphatic hydroxyl groups excluding tert-OH is 1. The van der Waals surface area contributed by atoms with Crippen LogP contribution in [0, 0.1) is 6.92 Å². The van der Waals surface area contributed by atoms with Gasteiger partial charge in [0.15, 0.2) is 6.10 Å². The molecule has 5 nitrogen and oxygen atoms in total. The third kappa shape index (κ3) is 5.05. The van der Waals surface area contributed by atoms with E-state index in [1.54, 1.807) is 25.1 Å². The van der Waals surface area contributed by atoms with Crippen LogP contribution >= 0.6 is 0 Å². The number of aryl methyl sites for hydroxylation is 1. The molecule has 2 rings (SSSR count). The summed E-state index contributed by atoms with van der Waals surface area (Å²) in [7, 11) is 1.37. The van der Waals surface area contributed by atoms with Gasteiger partial charge in [0.2, 0.25) is 0 Å². The van der Waals surface area contributed by atoms with E-state index in [0.29, 0.717) is 12.2 Å². The van der Waals surface area contributed by atoms with E-state index in [9.17, 15) is 9.90 Å². The maximum absolute atomic E-state index is 11.9. The first-order chi connectivity index (χ1) is 12.1. The normalized spacial score (nSPS) is 13.1. The fraction of sp³-hybridized carbons (Fsp3) is 0.350. The molecule has 0 bridgehead atoms. The number of methoxy groups -OCH3 is 1. The van der Waals surface area contributed by atoms with Crippen LogP contribution in [0.5, 0.6) is 5.75 Å². The molecule has 0 aliphatic rings. The fourth-order valence-electron chi connectivity index (χ4n) is 2.51. The summed E-state index contributed by atoms with van der Waals surface area (Å²) >= 11 is 0. The van der Waals surface area contributed by atoms with Gasteiger partial charge in [-0.3, -0.25) is 0 Å². The van der Waals surface area contributed by atoms with Gasteiger partial charge in [-0.25, -0.2) is 4.79 Å². The second-order valence-electron chi connectivity index (χ2n) is 5.65. The van der Waals surface area contributed by atoms with Crippen molar-refractivity contribution in [3.8, 4) is 5.75 Å². The largest absolute Gasteiger partial charge is 0.489 e. The molecule has 0 aliphatic heterocycles. The molecule has 0 fully saturated rings. The van der Waals surface area contributed by atoms with Gasteiger partial charge in [0.1, 0.15) is 18.5 Å². The fourth-order valence-corrected chi connectivity index (χ4v) is 2.51. The van der Waals surface area contributed by atoms with Crippen molar-refractivity contribution in [1.29, 1.82) is 0 Å². The minimum atomic E-state index is -1.11. The highest BCUT2D eigenvalue weighted by atomic mass is 16.6. The average Bonchev–Trinajstić information content (AvgIpc) is 2.62. The lowest BCUT2D eigenvalue weighted by Gasteiger charge is -2.21. The van der Waals surface area contributed by atoms with E-state index in [1.165, 1.54) is 7.11 Å². The molecule has 0 heterocycles. The van der Waals surface area contributed by atoms with Gasteiger partial charge in [0.25, 0.3) is 0 Å². The monoisotopic (exact) mass is 344 g/mol. The number of carbonyl (C=O) groups is 1. The second kappa shape index (κ2) is 9.20. The molecule has 0 saturated carbocycles. The van der Waals surface area contributed by atoms with Crippen LogP contribution < -0.4 is 4.74 Å². The Hall–Kier alpha value is -2.37. The van der Waals surface area contributed by atoms with Gasteiger partial charge >= 0.3 is 5.97 Å². The smallest absolute Gasteiger partial charge is 0.338 e. The van der Waals surface area contributed by atoms with Crippen molar-refractivity contribution in [2.45, 2.75) is 32.7 Å². The molecule has 5 heteroatoms. The molecule has 134 valence electrons. The Morgan fingerprint density at radius 2 is 1.88 bits per heavy atom. The van der Waals surface area contributed by atoms with Gasteiger partial charge < -0.3 is 19.3 Å². The highest BCUT2D eigenvalue weighted by Crippen LogP contribution is 2.26. The zero-order valence-electron chi connectivity index (χ0n) is 14.8. The first-order valence-corrected chi connectivity index (χ1v) is 8.21. The lowest BCUT2D eigenvalue weighted by atomic mass is 10.0. The summed E-state index contributed by atoms with van der Waals surface area (Å²) in [6, 6.07) is 15.2. The molecular weight excluding hydrogens is 320 g/mol. The number of rotatable bonds is 8. The van der Waals surface area contributed by atoms with Crippen LogP contribution in [-0.4, -0.2) is 30.9 Å². The third-order valence-electron chi connectivity index (χ3n) is 3.84.